The van der Waals surface area contributed by atoms with Crippen molar-refractivity contribution in [3.05, 3.63) is 58.6 Å². The Hall–Kier alpha value is -3.39. The van der Waals surface area contributed by atoms with Crippen molar-refractivity contribution in [1.82, 2.24) is 4.90 Å². The van der Waals surface area contributed by atoms with Crippen LogP contribution in [0.3, 0.4) is 0 Å². The summed E-state index contributed by atoms with van der Waals surface area (Å²) in [5.74, 6) is -1.87. The summed E-state index contributed by atoms with van der Waals surface area (Å²) in [5.41, 5.74) is 0.422. The fourth-order valence-electron chi connectivity index (χ4n) is 4.69. The number of carbonyl (C=O) groups excluding carboxylic acids is 4. The summed E-state index contributed by atoms with van der Waals surface area (Å²) < 4.78 is 5.44. The molecule has 0 spiro atoms. The summed E-state index contributed by atoms with van der Waals surface area (Å²) in [4.78, 5) is 55.2. The lowest BCUT2D eigenvalue weighted by Crippen LogP contribution is -2.69. The van der Waals surface area contributed by atoms with Crippen LogP contribution in [-0.2, 0) is 19.1 Å². The Morgan fingerprint density at radius 1 is 1.15 bits per heavy atom. The van der Waals surface area contributed by atoms with E-state index in [1.807, 2.05) is 0 Å². The Balaban J connectivity index is 1.42. The van der Waals surface area contributed by atoms with Gasteiger partial charge >= 0.3 is 5.97 Å². The number of halogens is 1. The van der Waals surface area contributed by atoms with Gasteiger partial charge in [0, 0.05) is 29.6 Å². The maximum absolute atomic E-state index is 13.5. The van der Waals surface area contributed by atoms with Crippen LogP contribution in [0.2, 0.25) is 5.02 Å². The first-order chi connectivity index (χ1) is 15.8. The highest BCUT2D eigenvalue weighted by Crippen LogP contribution is 2.49. The Bertz CT molecular complexity index is 1190. The summed E-state index contributed by atoms with van der Waals surface area (Å²) in [6.07, 6.45) is 1.73. The van der Waals surface area contributed by atoms with Crippen LogP contribution in [-0.4, -0.2) is 46.9 Å². The number of hydrogen-bond acceptors (Lipinski definition) is 5. The van der Waals surface area contributed by atoms with E-state index in [4.69, 9.17) is 16.3 Å². The molecule has 2 aromatic rings. The number of benzene rings is 2. The van der Waals surface area contributed by atoms with Gasteiger partial charge in [-0.3, -0.25) is 19.3 Å². The maximum atomic E-state index is 13.5. The molecule has 3 amide bonds. The van der Waals surface area contributed by atoms with Crippen molar-refractivity contribution < 1.29 is 23.9 Å². The summed E-state index contributed by atoms with van der Waals surface area (Å²) in [6.45, 7) is 1.21. The third kappa shape index (κ3) is 3.36. The van der Waals surface area contributed by atoms with Crippen molar-refractivity contribution in [3.63, 3.8) is 0 Å². The van der Waals surface area contributed by atoms with E-state index in [1.165, 1.54) is 9.80 Å². The number of carbonyl (C=O) groups is 4. The van der Waals surface area contributed by atoms with E-state index in [-0.39, 0.29) is 30.7 Å². The second-order valence-corrected chi connectivity index (χ2v) is 8.91. The predicted molar refractivity (Wildman–Crippen MR) is 121 cm³/mol. The van der Waals surface area contributed by atoms with Crippen LogP contribution in [0.5, 0.6) is 0 Å². The number of hydrogen-bond donors (Lipinski definition) is 1. The van der Waals surface area contributed by atoms with Gasteiger partial charge in [0.05, 0.1) is 11.3 Å². The van der Waals surface area contributed by atoms with Crippen LogP contribution < -0.4 is 10.2 Å². The molecule has 33 heavy (non-hydrogen) atoms. The SMILES string of the molecule is Cc1c(Cl)cccc1NC(=O)COC(=O)C12CCC(=O)N1c1ccccc1C(=O)N2C1CC1. The van der Waals surface area contributed by atoms with Gasteiger partial charge in [-0.05, 0) is 49.6 Å². The number of nitrogens with one attached hydrogen (secondary N) is 1. The van der Waals surface area contributed by atoms with E-state index < -0.39 is 24.1 Å². The first-order valence-electron chi connectivity index (χ1n) is 10.8. The van der Waals surface area contributed by atoms with Crippen molar-refractivity contribution in [2.45, 2.75) is 44.3 Å². The second-order valence-electron chi connectivity index (χ2n) is 8.51. The number of fused-ring (bicyclic) bond motifs is 3. The molecule has 170 valence electrons. The number of esters is 1. The Morgan fingerprint density at radius 2 is 1.91 bits per heavy atom. The van der Waals surface area contributed by atoms with Gasteiger partial charge in [0.25, 0.3) is 11.8 Å². The average Bonchev–Trinajstić information content (AvgIpc) is 3.57. The van der Waals surface area contributed by atoms with Gasteiger partial charge in [0.2, 0.25) is 11.6 Å². The van der Waals surface area contributed by atoms with Crippen LogP contribution in [0.4, 0.5) is 11.4 Å². The van der Waals surface area contributed by atoms with Crippen LogP contribution in [0.25, 0.3) is 0 Å². The molecule has 1 atom stereocenters. The van der Waals surface area contributed by atoms with E-state index in [1.54, 1.807) is 49.4 Å². The summed E-state index contributed by atoms with van der Waals surface area (Å²) in [7, 11) is 0. The Kier molecular flexibility index (Phi) is 5.12. The maximum Gasteiger partial charge on any atom is 0.354 e. The smallest absolute Gasteiger partial charge is 0.354 e. The quantitative estimate of drug-likeness (QED) is 0.681. The highest BCUT2D eigenvalue weighted by atomic mass is 35.5. The normalized spacial score (nSPS) is 21.5. The second kappa shape index (κ2) is 7.88. The third-order valence-electron chi connectivity index (χ3n) is 6.41. The molecule has 2 aromatic carbocycles. The molecular formula is C24H22ClN3O5. The molecule has 1 aliphatic carbocycles. The molecule has 0 aromatic heterocycles. The molecule has 1 saturated carbocycles. The molecule has 1 N–H and O–H groups in total. The molecule has 2 aliphatic heterocycles. The lowest BCUT2D eigenvalue weighted by molar-refractivity contribution is -0.159. The highest BCUT2D eigenvalue weighted by molar-refractivity contribution is 6.31. The van der Waals surface area contributed by atoms with E-state index in [9.17, 15) is 19.2 Å². The first-order valence-corrected chi connectivity index (χ1v) is 11.2. The molecule has 3 aliphatic rings. The number of rotatable bonds is 5. The largest absolute Gasteiger partial charge is 0.452 e. The summed E-state index contributed by atoms with van der Waals surface area (Å²) in [6, 6.07) is 11.7. The highest BCUT2D eigenvalue weighted by Gasteiger charge is 2.64. The Morgan fingerprint density at radius 3 is 2.67 bits per heavy atom. The van der Waals surface area contributed by atoms with Gasteiger partial charge < -0.3 is 15.0 Å². The number of amides is 3. The lowest BCUT2D eigenvalue weighted by Gasteiger charge is -2.48. The molecule has 1 unspecified atom stereocenters. The molecule has 2 fully saturated rings. The lowest BCUT2D eigenvalue weighted by atomic mass is 9.96. The van der Waals surface area contributed by atoms with Crippen molar-refractivity contribution >= 4 is 46.7 Å². The number of nitrogens with zero attached hydrogens (tertiary/aromatic N) is 2. The molecule has 0 bridgehead atoms. The number of ether oxygens (including phenoxy) is 1. The van der Waals surface area contributed by atoms with Crippen molar-refractivity contribution in [3.8, 4) is 0 Å². The van der Waals surface area contributed by atoms with Gasteiger partial charge in [-0.15, -0.1) is 0 Å². The topological polar surface area (TPSA) is 96.0 Å². The average molecular weight is 468 g/mol. The zero-order chi connectivity index (χ0) is 23.3. The van der Waals surface area contributed by atoms with Crippen LogP contribution >= 0.6 is 11.6 Å². The standard InChI is InChI=1S/C24H22ClN3O5/c1-14-17(25)6-4-7-18(14)26-20(29)13-33-23(32)24-12-11-21(30)28(24)19-8-3-2-5-16(19)22(31)27(24)15-9-10-15/h2-8,15H,9-13H2,1H3,(H,26,29). The van der Waals surface area contributed by atoms with Crippen molar-refractivity contribution in [2.24, 2.45) is 0 Å². The van der Waals surface area contributed by atoms with Gasteiger partial charge in [-0.1, -0.05) is 29.8 Å². The predicted octanol–water partition coefficient (Wildman–Crippen LogP) is 3.27. The molecule has 2 heterocycles. The zero-order valence-corrected chi connectivity index (χ0v) is 18.7. The number of para-hydroxylation sites is 1. The molecule has 9 heteroatoms. The van der Waals surface area contributed by atoms with Gasteiger partial charge in [-0.25, -0.2) is 4.79 Å². The monoisotopic (exact) mass is 467 g/mol. The van der Waals surface area contributed by atoms with E-state index in [0.717, 1.165) is 12.8 Å². The van der Waals surface area contributed by atoms with Crippen molar-refractivity contribution in [2.75, 3.05) is 16.8 Å². The first kappa shape index (κ1) is 21.5. The molecular weight excluding hydrogens is 446 g/mol. The zero-order valence-electron chi connectivity index (χ0n) is 18.0. The molecule has 0 radical (unpaired) electrons. The van der Waals surface area contributed by atoms with Crippen LogP contribution in [0.15, 0.2) is 42.5 Å². The molecule has 5 rings (SSSR count). The van der Waals surface area contributed by atoms with Crippen LogP contribution in [0, 0.1) is 6.92 Å². The fraction of sp³-hybridized carbons (Fsp3) is 0.333. The molecule has 8 nitrogen and oxygen atoms in total. The van der Waals surface area contributed by atoms with Gasteiger partial charge in [-0.2, -0.15) is 0 Å². The summed E-state index contributed by atoms with van der Waals surface area (Å²) in [5, 5.41) is 3.19. The van der Waals surface area contributed by atoms with E-state index in [0.29, 0.717) is 27.5 Å². The minimum absolute atomic E-state index is 0.105. The van der Waals surface area contributed by atoms with Gasteiger partial charge in [0.1, 0.15) is 0 Å². The summed E-state index contributed by atoms with van der Waals surface area (Å²) >= 11 is 6.10. The van der Waals surface area contributed by atoms with E-state index >= 15 is 0 Å². The third-order valence-corrected chi connectivity index (χ3v) is 6.82. The van der Waals surface area contributed by atoms with Crippen molar-refractivity contribution in [1.29, 1.82) is 0 Å². The van der Waals surface area contributed by atoms with E-state index in [2.05, 4.69) is 5.32 Å². The van der Waals surface area contributed by atoms with Crippen LogP contribution in [0.1, 0.15) is 41.6 Å². The fourth-order valence-corrected chi connectivity index (χ4v) is 4.86. The number of anilines is 2. The Labute approximate surface area is 195 Å². The minimum Gasteiger partial charge on any atom is -0.452 e. The van der Waals surface area contributed by atoms with Gasteiger partial charge in [0.15, 0.2) is 6.61 Å². The molecule has 1 saturated heterocycles. The minimum atomic E-state index is -1.57.